The van der Waals surface area contributed by atoms with Crippen molar-refractivity contribution >= 4 is 40.4 Å². The third kappa shape index (κ3) is 3.65. The number of amidine groups is 1. The van der Waals surface area contributed by atoms with Crippen LogP contribution in [0.1, 0.15) is 35.3 Å². The standard InChI is InChI=1S/C21H15ClF3N7O2S/c22-12-5-10(23)1-2-11(12)16-15(13-7-27-32(30-13)19(24)25)14-6-21(9-34-20(33)29-21)8-31(14)17(28-16)18-26-3-4-35-18/h1-5,7,16,19H,6,8-9H2,(H,29,33)/t16-,21-/m0/s1. The molecule has 3 aliphatic heterocycles. The minimum atomic E-state index is -2.94. The molecule has 6 rings (SSSR count). The summed E-state index contributed by atoms with van der Waals surface area (Å²) in [5, 5.41) is 13.1. The molecule has 14 heteroatoms. The van der Waals surface area contributed by atoms with Crippen molar-refractivity contribution in [1.82, 2.24) is 30.2 Å². The van der Waals surface area contributed by atoms with Crippen LogP contribution in [0.3, 0.4) is 0 Å². The van der Waals surface area contributed by atoms with Gasteiger partial charge in [-0.2, -0.15) is 13.9 Å². The van der Waals surface area contributed by atoms with E-state index >= 15 is 0 Å². The number of thiazole rings is 1. The van der Waals surface area contributed by atoms with Crippen molar-refractivity contribution in [1.29, 1.82) is 0 Å². The van der Waals surface area contributed by atoms with Crippen LogP contribution < -0.4 is 5.32 Å². The van der Waals surface area contributed by atoms with Gasteiger partial charge in [-0.25, -0.2) is 14.2 Å². The number of amides is 1. The van der Waals surface area contributed by atoms with Gasteiger partial charge in [0.2, 0.25) is 0 Å². The summed E-state index contributed by atoms with van der Waals surface area (Å²) < 4.78 is 45.7. The summed E-state index contributed by atoms with van der Waals surface area (Å²) in [4.78, 5) is 23.5. The topological polar surface area (TPSA) is 97.5 Å². The lowest BCUT2D eigenvalue weighted by atomic mass is 9.90. The largest absolute Gasteiger partial charge is 0.447 e. The summed E-state index contributed by atoms with van der Waals surface area (Å²) in [6, 6.07) is 3.11. The normalized spacial score (nSPS) is 23.7. The lowest BCUT2D eigenvalue weighted by Crippen LogP contribution is -2.46. The van der Waals surface area contributed by atoms with Gasteiger partial charge in [0.1, 0.15) is 29.7 Å². The number of hydrogen-bond donors (Lipinski definition) is 1. The molecule has 0 aliphatic carbocycles. The molecule has 3 aromatic rings. The van der Waals surface area contributed by atoms with Gasteiger partial charge in [-0.15, -0.1) is 21.2 Å². The average Bonchev–Trinajstić information content (AvgIpc) is 3.60. The second-order valence-corrected chi connectivity index (χ2v) is 9.59. The molecular formula is C21H15ClF3N7O2S. The van der Waals surface area contributed by atoms with Crippen LogP contribution in [0.25, 0.3) is 5.57 Å². The maximum absolute atomic E-state index is 13.9. The predicted molar refractivity (Wildman–Crippen MR) is 120 cm³/mol. The van der Waals surface area contributed by atoms with Crippen molar-refractivity contribution < 1.29 is 22.7 Å². The predicted octanol–water partition coefficient (Wildman–Crippen LogP) is 4.02. The molecule has 2 saturated heterocycles. The smallest absolute Gasteiger partial charge is 0.407 e. The molecule has 1 aromatic carbocycles. The first-order valence-corrected chi connectivity index (χ1v) is 11.7. The Morgan fingerprint density at radius 2 is 2.20 bits per heavy atom. The number of carbonyl (C=O) groups excluding carboxylic acids is 1. The minimum absolute atomic E-state index is 0.121. The molecule has 2 fully saturated rings. The molecule has 2 aromatic heterocycles. The van der Waals surface area contributed by atoms with E-state index in [1.807, 2.05) is 4.90 Å². The zero-order valence-corrected chi connectivity index (χ0v) is 19.2. The summed E-state index contributed by atoms with van der Waals surface area (Å²) >= 11 is 7.80. The van der Waals surface area contributed by atoms with Crippen LogP contribution in [-0.4, -0.2) is 55.5 Å². The monoisotopic (exact) mass is 521 g/mol. The summed E-state index contributed by atoms with van der Waals surface area (Å²) in [6.07, 6.45) is 2.65. The lowest BCUT2D eigenvalue weighted by molar-refractivity contribution is 0.0412. The van der Waals surface area contributed by atoms with Crippen LogP contribution in [0.5, 0.6) is 0 Å². The fourth-order valence-corrected chi connectivity index (χ4v) is 5.55. The SMILES string of the molecule is O=C1N[C@@]2(CO1)CC1=C(c3cnn(C(F)F)n3)[C@H](c3ccc(F)cc3Cl)N=C(c3nccs3)N1C2. The van der Waals surface area contributed by atoms with E-state index in [0.29, 0.717) is 45.4 Å². The van der Waals surface area contributed by atoms with E-state index in [1.54, 1.807) is 11.6 Å². The number of hydrogen-bond acceptors (Lipinski definition) is 8. The van der Waals surface area contributed by atoms with Crippen molar-refractivity contribution in [3.63, 3.8) is 0 Å². The number of aliphatic imine (C=N–C) groups is 1. The van der Waals surface area contributed by atoms with Crippen molar-refractivity contribution in [2.24, 2.45) is 4.99 Å². The second-order valence-electron chi connectivity index (χ2n) is 8.29. The van der Waals surface area contributed by atoms with Gasteiger partial charge in [0.15, 0.2) is 10.8 Å². The number of cyclic esters (lactones) is 1. The molecule has 0 radical (unpaired) electrons. The van der Waals surface area contributed by atoms with Crippen molar-refractivity contribution in [3.05, 3.63) is 68.8 Å². The second kappa shape index (κ2) is 8.05. The first-order valence-electron chi connectivity index (χ1n) is 10.4. The number of benzene rings is 1. The van der Waals surface area contributed by atoms with E-state index in [9.17, 15) is 18.0 Å². The number of aromatic nitrogens is 4. The third-order valence-corrected chi connectivity index (χ3v) is 7.17. The molecular weight excluding hydrogens is 507 g/mol. The Kier molecular flexibility index (Phi) is 5.07. The highest BCUT2D eigenvalue weighted by atomic mass is 35.5. The van der Waals surface area contributed by atoms with Crippen LogP contribution in [-0.2, 0) is 4.74 Å². The highest BCUT2D eigenvalue weighted by molar-refractivity contribution is 7.11. The Morgan fingerprint density at radius 3 is 2.86 bits per heavy atom. The highest BCUT2D eigenvalue weighted by Gasteiger charge is 2.52. The summed E-state index contributed by atoms with van der Waals surface area (Å²) in [5.41, 5.74) is 1.03. The Hall–Kier alpha value is -3.45. The molecule has 1 N–H and O–H groups in total. The van der Waals surface area contributed by atoms with Crippen LogP contribution in [0, 0.1) is 5.82 Å². The summed E-state index contributed by atoms with van der Waals surface area (Å²) in [6.45, 7) is -2.49. The molecule has 0 unspecified atom stereocenters. The summed E-state index contributed by atoms with van der Waals surface area (Å²) in [5.74, 6) is -0.00721. The fourth-order valence-electron chi connectivity index (χ4n) is 4.63. The number of alkyl carbamates (subject to hydrolysis) is 1. The molecule has 1 amide bonds. The molecule has 1 spiro atoms. The highest BCUT2D eigenvalue weighted by Crippen LogP contribution is 2.48. The third-order valence-electron chi connectivity index (χ3n) is 6.07. The van der Waals surface area contributed by atoms with Gasteiger partial charge in [0.25, 0.3) is 0 Å². The quantitative estimate of drug-likeness (QED) is 0.557. The molecule has 180 valence electrons. The van der Waals surface area contributed by atoms with E-state index in [1.165, 1.54) is 35.7 Å². The Balaban J connectivity index is 1.58. The number of nitrogens with one attached hydrogen (secondary N) is 1. The molecule has 3 aliphatic rings. The number of halogens is 4. The van der Waals surface area contributed by atoms with Gasteiger partial charge < -0.3 is 15.0 Å². The van der Waals surface area contributed by atoms with Gasteiger partial charge in [-0.05, 0) is 12.1 Å². The molecule has 0 bridgehead atoms. The lowest BCUT2D eigenvalue weighted by Gasteiger charge is -2.32. The number of fused-ring (bicyclic) bond motifs is 1. The first kappa shape index (κ1) is 22.0. The molecule has 0 saturated carbocycles. The number of ether oxygens (including phenoxy) is 1. The van der Waals surface area contributed by atoms with Gasteiger partial charge >= 0.3 is 12.6 Å². The Bertz CT molecular complexity index is 1390. The van der Waals surface area contributed by atoms with E-state index in [-0.39, 0.29) is 17.3 Å². The maximum atomic E-state index is 13.9. The average molecular weight is 522 g/mol. The van der Waals surface area contributed by atoms with Crippen molar-refractivity contribution in [2.45, 2.75) is 24.6 Å². The molecule has 5 heterocycles. The Morgan fingerprint density at radius 1 is 1.34 bits per heavy atom. The first-order chi connectivity index (χ1) is 16.8. The van der Waals surface area contributed by atoms with Gasteiger partial charge in [0, 0.05) is 39.9 Å². The van der Waals surface area contributed by atoms with Gasteiger partial charge in [0.05, 0.1) is 12.7 Å². The van der Waals surface area contributed by atoms with Crippen LogP contribution in [0.4, 0.5) is 18.0 Å². The maximum Gasteiger partial charge on any atom is 0.407 e. The van der Waals surface area contributed by atoms with E-state index in [4.69, 9.17) is 21.3 Å². The van der Waals surface area contributed by atoms with E-state index in [2.05, 4.69) is 20.5 Å². The summed E-state index contributed by atoms with van der Waals surface area (Å²) in [7, 11) is 0. The van der Waals surface area contributed by atoms with E-state index < -0.39 is 30.0 Å². The minimum Gasteiger partial charge on any atom is -0.447 e. The number of carbonyl (C=O) groups is 1. The van der Waals surface area contributed by atoms with Crippen LogP contribution >= 0.6 is 22.9 Å². The van der Waals surface area contributed by atoms with Gasteiger partial charge in [-0.3, -0.25) is 4.99 Å². The zero-order chi connectivity index (χ0) is 24.3. The van der Waals surface area contributed by atoms with Crippen molar-refractivity contribution in [2.75, 3.05) is 13.2 Å². The number of nitrogens with zero attached hydrogens (tertiary/aromatic N) is 6. The zero-order valence-electron chi connectivity index (χ0n) is 17.7. The number of alkyl halides is 2. The van der Waals surface area contributed by atoms with Crippen LogP contribution in [0.15, 0.2) is 46.7 Å². The molecule has 9 nitrogen and oxygen atoms in total. The fraction of sp³-hybridized carbons (Fsp3) is 0.286. The molecule has 2 atom stereocenters. The number of rotatable bonds is 4. The van der Waals surface area contributed by atoms with Crippen molar-refractivity contribution in [3.8, 4) is 0 Å². The van der Waals surface area contributed by atoms with E-state index in [0.717, 1.165) is 0 Å². The van der Waals surface area contributed by atoms with Gasteiger partial charge in [-0.1, -0.05) is 17.7 Å². The van der Waals surface area contributed by atoms with Crippen LogP contribution in [0.2, 0.25) is 5.02 Å². The molecule has 35 heavy (non-hydrogen) atoms. The Labute approximate surface area is 204 Å².